The second-order valence-electron chi connectivity index (χ2n) is 4.73. The van der Waals surface area contributed by atoms with Crippen LogP contribution in [0.5, 0.6) is 11.5 Å². The zero-order valence-corrected chi connectivity index (χ0v) is 11.0. The molecular formula is C13H18O2S. The number of benzene rings is 1. The van der Waals surface area contributed by atoms with Crippen molar-refractivity contribution in [3.63, 3.8) is 0 Å². The molecule has 1 aromatic carbocycles. The molecule has 0 bridgehead atoms. The van der Waals surface area contributed by atoms with Crippen LogP contribution >= 0.6 is 12.6 Å². The first-order chi connectivity index (χ1) is 7.44. The van der Waals surface area contributed by atoms with Crippen LogP contribution < -0.4 is 9.47 Å². The van der Waals surface area contributed by atoms with Crippen molar-refractivity contribution in [3.05, 3.63) is 23.8 Å². The van der Waals surface area contributed by atoms with Gasteiger partial charge < -0.3 is 9.47 Å². The van der Waals surface area contributed by atoms with Crippen LogP contribution in [0, 0.1) is 0 Å². The summed E-state index contributed by atoms with van der Waals surface area (Å²) in [7, 11) is 0. The average Bonchev–Trinajstić information content (AvgIpc) is 2.54. The smallest absolute Gasteiger partial charge is 0.260 e. The third-order valence-electron chi connectivity index (χ3n) is 3.01. The van der Waals surface area contributed by atoms with Crippen molar-refractivity contribution in [3.8, 4) is 11.5 Å². The van der Waals surface area contributed by atoms with E-state index in [1.807, 2.05) is 26.0 Å². The van der Waals surface area contributed by atoms with Gasteiger partial charge in [0, 0.05) is 12.5 Å². The number of ether oxygens (including phenoxy) is 2. The van der Waals surface area contributed by atoms with Crippen LogP contribution in [0.1, 0.15) is 39.2 Å². The molecule has 16 heavy (non-hydrogen) atoms. The fraction of sp³-hybridized carbons (Fsp3) is 0.538. The molecule has 0 aliphatic carbocycles. The Morgan fingerprint density at radius 3 is 2.44 bits per heavy atom. The van der Waals surface area contributed by atoms with Crippen LogP contribution in [0.15, 0.2) is 18.2 Å². The van der Waals surface area contributed by atoms with Crippen LogP contribution in [-0.2, 0) is 0 Å². The van der Waals surface area contributed by atoms with Crippen molar-refractivity contribution >= 4 is 12.6 Å². The lowest BCUT2D eigenvalue weighted by Crippen LogP contribution is -2.42. The average molecular weight is 238 g/mol. The summed E-state index contributed by atoms with van der Waals surface area (Å²) in [5.74, 6) is 1.47. The molecule has 1 heterocycles. The molecule has 1 unspecified atom stereocenters. The molecule has 0 spiro atoms. The topological polar surface area (TPSA) is 18.5 Å². The molecule has 0 fully saturated rings. The number of hydrogen-bond acceptors (Lipinski definition) is 3. The van der Waals surface area contributed by atoms with Gasteiger partial charge in [0.05, 0.1) is 5.25 Å². The van der Waals surface area contributed by atoms with E-state index in [0.29, 0.717) is 5.92 Å². The second kappa shape index (κ2) is 3.88. The highest BCUT2D eigenvalue weighted by Gasteiger charge is 2.41. The Labute approximate surface area is 102 Å². The highest BCUT2D eigenvalue weighted by molar-refractivity contribution is 7.81. The van der Waals surface area contributed by atoms with Gasteiger partial charge >= 0.3 is 0 Å². The van der Waals surface area contributed by atoms with Gasteiger partial charge in [0.2, 0.25) is 0 Å². The van der Waals surface area contributed by atoms with Crippen molar-refractivity contribution < 1.29 is 9.47 Å². The van der Waals surface area contributed by atoms with E-state index in [1.165, 1.54) is 5.56 Å². The summed E-state index contributed by atoms with van der Waals surface area (Å²) in [6.45, 7) is 8.20. The summed E-state index contributed by atoms with van der Waals surface area (Å²) in [6.07, 6.45) is 0. The molecule has 0 N–H and O–H groups in total. The molecule has 1 aliphatic heterocycles. The Bertz CT molecular complexity index is 401. The third-order valence-corrected chi connectivity index (χ3v) is 3.48. The van der Waals surface area contributed by atoms with Crippen LogP contribution in [0.4, 0.5) is 0 Å². The Balaban J connectivity index is 2.41. The minimum absolute atomic E-state index is 0.0138. The Morgan fingerprint density at radius 2 is 1.88 bits per heavy atom. The predicted molar refractivity (Wildman–Crippen MR) is 68.6 cm³/mol. The fourth-order valence-corrected chi connectivity index (χ4v) is 1.89. The Kier molecular flexibility index (Phi) is 2.82. The molecule has 2 atom stereocenters. The summed E-state index contributed by atoms with van der Waals surface area (Å²) >= 11 is 4.42. The van der Waals surface area contributed by atoms with E-state index in [0.717, 1.165) is 11.5 Å². The number of fused-ring (bicyclic) bond motifs is 1. The maximum absolute atomic E-state index is 5.95. The zero-order chi connectivity index (χ0) is 11.9. The number of rotatable bonds is 2. The molecule has 1 aromatic rings. The maximum atomic E-state index is 5.95. The van der Waals surface area contributed by atoms with Crippen molar-refractivity contribution in [2.75, 3.05) is 0 Å². The van der Waals surface area contributed by atoms with Gasteiger partial charge in [0.15, 0.2) is 11.5 Å². The van der Waals surface area contributed by atoms with Gasteiger partial charge in [-0.2, -0.15) is 12.6 Å². The highest BCUT2D eigenvalue weighted by Crippen LogP contribution is 2.45. The van der Waals surface area contributed by atoms with E-state index in [-0.39, 0.29) is 5.25 Å². The molecule has 2 rings (SSSR count). The first-order valence-electron chi connectivity index (χ1n) is 5.63. The lowest BCUT2D eigenvalue weighted by Gasteiger charge is -2.26. The van der Waals surface area contributed by atoms with Crippen molar-refractivity contribution in [1.29, 1.82) is 0 Å². The van der Waals surface area contributed by atoms with Crippen molar-refractivity contribution in [2.24, 2.45) is 0 Å². The van der Waals surface area contributed by atoms with Gasteiger partial charge in [-0.3, -0.25) is 0 Å². The predicted octanol–water partition coefficient (Wildman–Crippen LogP) is 3.62. The minimum Gasteiger partial charge on any atom is -0.448 e. The van der Waals surface area contributed by atoms with Crippen LogP contribution in [0.2, 0.25) is 0 Å². The van der Waals surface area contributed by atoms with Crippen LogP contribution in [0.3, 0.4) is 0 Å². The summed E-state index contributed by atoms with van der Waals surface area (Å²) in [5, 5.41) is 0.0138. The van der Waals surface area contributed by atoms with Crippen molar-refractivity contribution in [1.82, 2.24) is 0 Å². The van der Waals surface area contributed by atoms with E-state index in [9.17, 15) is 0 Å². The first kappa shape index (κ1) is 11.6. The molecule has 0 saturated carbocycles. The standard InChI is InChI=1S/C13H18O2S/c1-8(2)10-6-5-7-11-12(10)15-13(4,14-11)9(3)16/h5-9,16H,1-4H3/t9?,13-/m1/s1. The lowest BCUT2D eigenvalue weighted by atomic mass is 10.0. The van der Waals surface area contributed by atoms with E-state index < -0.39 is 5.79 Å². The molecule has 2 nitrogen and oxygen atoms in total. The van der Waals surface area contributed by atoms with Crippen LogP contribution in [0.25, 0.3) is 0 Å². The molecule has 1 aliphatic rings. The molecule has 0 radical (unpaired) electrons. The molecular weight excluding hydrogens is 220 g/mol. The lowest BCUT2D eigenvalue weighted by molar-refractivity contribution is -0.0586. The van der Waals surface area contributed by atoms with Gasteiger partial charge in [-0.05, 0) is 18.9 Å². The molecule has 3 heteroatoms. The molecule has 0 amide bonds. The van der Waals surface area contributed by atoms with Crippen molar-refractivity contribution in [2.45, 2.75) is 44.6 Å². The molecule has 0 saturated heterocycles. The minimum atomic E-state index is -0.656. The van der Waals surface area contributed by atoms with E-state index in [4.69, 9.17) is 9.47 Å². The van der Waals surface area contributed by atoms with Gasteiger partial charge in [0.25, 0.3) is 5.79 Å². The summed E-state index contributed by atoms with van der Waals surface area (Å²) in [4.78, 5) is 0. The fourth-order valence-electron chi connectivity index (χ4n) is 1.79. The Hall–Kier alpha value is -0.830. The van der Waals surface area contributed by atoms with Gasteiger partial charge in [-0.15, -0.1) is 0 Å². The number of thiol groups is 1. The monoisotopic (exact) mass is 238 g/mol. The summed E-state index contributed by atoms with van der Waals surface area (Å²) < 4.78 is 11.8. The zero-order valence-electron chi connectivity index (χ0n) is 10.2. The summed E-state index contributed by atoms with van der Waals surface area (Å²) in [5.41, 5.74) is 1.19. The normalized spacial score (nSPS) is 24.9. The maximum Gasteiger partial charge on any atom is 0.260 e. The first-order valence-corrected chi connectivity index (χ1v) is 6.14. The van der Waals surface area contributed by atoms with E-state index >= 15 is 0 Å². The van der Waals surface area contributed by atoms with E-state index in [2.05, 4.69) is 32.5 Å². The Morgan fingerprint density at radius 1 is 1.19 bits per heavy atom. The SMILES string of the molecule is CC(C)c1cccc2c1O[C@](C)(C(C)S)O2. The molecule has 0 aromatic heterocycles. The highest BCUT2D eigenvalue weighted by atomic mass is 32.1. The van der Waals surface area contributed by atoms with Gasteiger partial charge in [0.1, 0.15) is 0 Å². The number of hydrogen-bond donors (Lipinski definition) is 1. The third kappa shape index (κ3) is 1.77. The van der Waals surface area contributed by atoms with Crippen LogP contribution in [-0.4, -0.2) is 11.0 Å². The summed E-state index contributed by atoms with van der Waals surface area (Å²) in [6, 6.07) is 6.04. The molecule has 88 valence electrons. The van der Waals surface area contributed by atoms with Gasteiger partial charge in [-0.1, -0.05) is 26.0 Å². The van der Waals surface area contributed by atoms with E-state index in [1.54, 1.807) is 0 Å². The quantitative estimate of drug-likeness (QED) is 0.793. The largest absolute Gasteiger partial charge is 0.448 e. The number of para-hydroxylation sites is 1. The second-order valence-corrected chi connectivity index (χ2v) is 5.50. The van der Waals surface area contributed by atoms with Gasteiger partial charge in [-0.25, -0.2) is 0 Å².